The Morgan fingerprint density at radius 3 is 2.00 bits per heavy atom. The molecule has 0 heterocycles. The monoisotopic (exact) mass is 402 g/mol. The molecule has 0 aliphatic carbocycles. The topological polar surface area (TPSA) is 9.23 Å². The SMILES string of the molecule is CCCCCCCCCCC(CC)Oc1ccc(I)cc1. The molecule has 1 atom stereocenters. The van der Waals surface area contributed by atoms with Gasteiger partial charge < -0.3 is 4.74 Å². The fourth-order valence-corrected chi connectivity index (χ4v) is 2.92. The van der Waals surface area contributed by atoms with E-state index in [4.69, 9.17) is 4.74 Å². The minimum Gasteiger partial charge on any atom is -0.490 e. The highest BCUT2D eigenvalue weighted by Crippen LogP contribution is 2.19. The predicted molar refractivity (Wildman–Crippen MR) is 101 cm³/mol. The van der Waals surface area contributed by atoms with Gasteiger partial charge in [-0.1, -0.05) is 58.8 Å². The molecule has 0 saturated carbocycles. The van der Waals surface area contributed by atoms with E-state index in [1.165, 1.54) is 61.4 Å². The van der Waals surface area contributed by atoms with Gasteiger partial charge in [0.2, 0.25) is 0 Å². The molecule has 0 aliphatic rings. The maximum absolute atomic E-state index is 6.07. The highest BCUT2D eigenvalue weighted by atomic mass is 127. The average molecular weight is 402 g/mol. The largest absolute Gasteiger partial charge is 0.490 e. The fraction of sp³-hybridized carbons (Fsp3) is 0.684. The molecule has 2 heteroatoms. The van der Waals surface area contributed by atoms with Gasteiger partial charge in [-0.15, -0.1) is 0 Å². The number of hydrogen-bond donors (Lipinski definition) is 0. The Balaban J connectivity index is 2.09. The van der Waals surface area contributed by atoms with Gasteiger partial charge in [0, 0.05) is 3.57 Å². The number of hydrogen-bond acceptors (Lipinski definition) is 1. The summed E-state index contributed by atoms with van der Waals surface area (Å²) in [6.45, 7) is 4.50. The first kappa shape index (κ1) is 18.8. The number of unbranched alkanes of at least 4 members (excludes halogenated alkanes) is 7. The molecule has 0 radical (unpaired) electrons. The lowest BCUT2D eigenvalue weighted by atomic mass is 10.0. The zero-order chi connectivity index (χ0) is 15.3. The van der Waals surface area contributed by atoms with Crippen LogP contribution in [0.25, 0.3) is 0 Å². The molecule has 0 aromatic heterocycles. The van der Waals surface area contributed by atoms with Crippen LogP contribution in [-0.4, -0.2) is 6.10 Å². The first-order valence-electron chi connectivity index (χ1n) is 8.68. The highest BCUT2D eigenvalue weighted by Gasteiger charge is 2.07. The molecular formula is C19H31IO. The van der Waals surface area contributed by atoms with E-state index >= 15 is 0 Å². The molecule has 1 unspecified atom stereocenters. The molecule has 120 valence electrons. The second kappa shape index (κ2) is 12.3. The van der Waals surface area contributed by atoms with Crippen molar-refractivity contribution in [2.45, 2.75) is 84.2 Å². The van der Waals surface area contributed by atoms with Crippen molar-refractivity contribution in [3.63, 3.8) is 0 Å². The molecule has 21 heavy (non-hydrogen) atoms. The number of benzene rings is 1. The molecule has 1 aromatic carbocycles. The summed E-state index contributed by atoms with van der Waals surface area (Å²) in [4.78, 5) is 0. The first-order chi connectivity index (χ1) is 10.3. The lowest BCUT2D eigenvalue weighted by Gasteiger charge is -2.17. The predicted octanol–water partition coefficient (Wildman–Crippen LogP) is 6.98. The van der Waals surface area contributed by atoms with Crippen molar-refractivity contribution < 1.29 is 4.74 Å². The molecule has 0 amide bonds. The summed E-state index contributed by atoms with van der Waals surface area (Å²) in [5.41, 5.74) is 0. The van der Waals surface area contributed by atoms with Crippen molar-refractivity contribution in [3.8, 4) is 5.75 Å². The van der Waals surface area contributed by atoms with Crippen molar-refractivity contribution in [2.24, 2.45) is 0 Å². The molecule has 0 bridgehead atoms. The molecule has 0 N–H and O–H groups in total. The van der Waals surface area contributed by atoms with E-state index in [0.717, 1.165) is 12.2 Å². The van der Waals surface area contributed by atoms with Gasteiger partial charge in [0.05, 0.1) is 6.10 Å². The molecule has 0 fully saturated rings. The van der Waals surface area contributed by atoms with E-state index in [1.54, 1.807) is 0 Å². The quantitative estimate of drug-likeness (QED) is 0.271. The van der Waals surface area contributed by atoms with E-state index in [2.05, 4.69) is 60.7 Å². The summed E-state index contributed by atoms with van der Waals surface area (Å²) in [6, 6.07) is 8.38. The molecule has 1 nitrogen and oxygen atoms in total. The number of rotatable bonds is 12. The van der Waals surface area contributed by atoms with Gasteiger partial charge in [0.25, 0.3) is 0 Å². The Bertz CT molecular complexity index is 347. The second-order valence-electron chi connectivity index (χ2n) is 5.87. The lowest BCUT2D eigenvalue weighted by Crippen LogP contribution is -2.15. The number of halogens is 1. The summed E-state index contributed by atoms with van der Waals surface area (Å²) in [5.74, 6) is 1.02. The zero-order valence-electron chi connectivity index (χ0n) is 13.7. The normalized spacial score (nSPS) is 12.3. The van der Waals surface area contributed by atoms with Crippen molar-refractivity contribution in [1.29, 1.82) is 0 Å². The second-order valence-corrected chi connectivity index (χ2v) is 7.11. The van der Waals surface area contributed by atoms with E-state index in [9.17, 15) is 0 Å². The molecular weight excluding hydrogens is 371 g/mol. The Labute approximate surface area is 145 Å². The average Bonchev–Trinajstić information content (AvgIpc) is 2.50. The zero-order valence-corrected chi connectivity index (χ0v) is 15.9. The fourth-order valence-electron chi connectivity index (χ4n) is 2.56. The van der Waals surface area contributed by atoms with E-state index in [1.807, 2.05) is 0 Å². The van der Waals surface area contributed by atoms with Crippen molar-refractivity contribution in [2.75, 3.05) is 0 Å². The molecule has 0 saturated heterocycles. The van der Waals surface area contributed by atoms with Crippen LogP contribution in [0.15, 0.2) is 24.3 Å². The first-order valence-corrected chi connectivity index (χ1v) is 9.76. The summed E-state index contributed by atoms with van der Waals surface area (Å²) in [5, 5.41) is 0. The maximum Gasteiger partial charge on any atom is 0.119 e. The van der Waals surface area contributed by atoms with E-state index in [0.29, 0.717) is 6.10 Å². The third-order valence-corrected chi connectivity index (χ3v) is 4.67. The van der Waals surface area contributed by atoms with Crippen LogP contribution in [0.2, 0.25) is 0 Å². The summed E-state index contributed by atoms with van der Waals surface area (Å²) >= 11 is 2.33. The van der Waals surface area contributed by atoms with Crippen LogP contribution in [0.3, 0.4) is 0 Å². The lowest BCUT2D eigenvalue weighted by molar-refractivity contribution is 0.182. The van der Waals surface area contributed by atoms with Crippen LogP contribution in [0.5, 0.6) is 5.75 Å². The number of ether oxygens (including phenoxy) is 1. The standard InChI is InChI=1S/C19H31IO/c1-3-5-6-7-8-9-10-11-12-18(4-2)21-19-15-13-17(20)14-16-19/h13-16,18H,3-12H2,1-2H3. The molecule has 0 aliphatic heterocycles. The van der Waals surface area contributed by atoms with Crippen molar-refractivity contribution >= 4 is 22.6 Å². The summed E-state index contributed by atoms with van der Waals surface area (Å²) in [6.07, 6.45) is 13.7. The Hall–Kier alpha value is -0.250. The maximum atomic E-state index is 6.07. The molecule has 1 aromatic rings. The Morgan fingerprint density at radius 1 is 0.857 bits per heavy atom. The van der Waals surface area contributed by atoms with Crippen LogP contribution in [0, 0.1) is 3.57 Å². The van der Waals surface area contributed by atoms with E-state index in [-0.39, 0.29) is 0 Å². The van der Waals surface area contributed by atoms with Gasteiger partial charge in [-0.3, -0.25) is 0 Å². The van der Waals surface area contributed by atoms with Gasteiger partial charge >= 0.3 is 0 Å². The third-order valence-electron chi connectivity index (χ3n) is 3.95. The van der Waals surface area contributed by atoms with Gasteiger partial charge in [-0.05, 0) is 66.1 Å². The minimum absolute atomic E-state index is 0.380. The molecule has 1 rings (SSSR count). The van der Waals surface area contributed by atoms with Crippen molar-refractivity contribution in [1.82, 2.24) is 0 Å². The van der Waals surface area contributed by atoms with Crippen LogP contribution >= 0.6 is 22.6 Å². The Morgan fingerprint density at radius 2 is 1.43 bits per heavy atom. The van der Waals surface area contributed by atoms with Crippen molar-refractivity contribution in [3.05, 3.63) is 27.8 Å². The Kier molecular flexibility index (Phi) is 11.0. The summed E-state index contributed by atoms with van der Waals surface area (Å²) < 4.78 is 7.34. The van der Waals surface area contributed by atoms with Gasteiger partial charge in [-0.25, -0.2) is 0 Å². The van der Waals surface area contributed by atoms with Gasteiger partial charge in [0.15, 0.2) is 0 Å². The van der Waals surface area contributed by atoms with Crippen LogP contribution in [-0.2, 0) is 0 Å². The van der Waals surface area contributed by atoms with Crippen LogP contribution < -0.4 is 4.74 Å². The minimum atomic E-state index is 0.380. The van der Waals surface area contributed by atoms with Crippen LogP contribution in [0.1, 0.15) is 78.1 Å². The third kappa shape index (κ3) is 9.38. The van der Waals surface area contributed by atoms with Gasteiger partial charge in [0.1, 0.15) is 5.75 Å². The van der Waals surface area contributed by atoms with E-state index < -0.39 is 0 Å². The highest BCUT2D eigenvalue weighted by molar-refractivity contribution is 14.1. The summed E-state index contributed by atoms with van der Waals surface area (Å²) in [7, 11) is 0. The van der Waals surface area contributed by atoms with Crippen LogP contribution in [0.4, 0.5) is 0 Å². The molecule has 0 spiro atoms. The smallest absolute Gasteiger partial charge is 0.119 e. The van der Waals surface area contributed by atoms with Gasteiger partial charge in [-0.2, -0.15) is 0 Å².